The lowest BCUT2D eigenvalue weighted by atomic mass is 9.95. The number of aromatic nitrogens is 2. The van der Waals surface area contributed by atoms with Crippen molar-refractivity contribution in [3.63, 3.8) is 0 Å². The van der Waals surface area contributed by atoms with E-state index < -0.39 is 0 Å². The Labute approximate surface area is 226 Å². The molecule has 1 fully saturated rings. The fraction of sp³-hybridized carbons (Fsp3) is 0.500. The molecule has 2 amide bonds. The predicted molar refractivity (Wildman–Crippen MR) is 152 cm³/mol. The van der Waals surface area contributed by atoms with Gasteiger partial charge in [-0.25, -0.2) is 4.98 Å². The Morgan fingerprint density at radius 3 is 2.54 bits per heavy atom. The third-order valence-corrected chi connectivity index (χ3v) is 9.47. The van der Waals surface area contributed by atoms with Crippen molar-refractivity contribution in [3.8, 4) is 0 Å². The maximum atomic E-state index is 13.8. The van der Waals surface area contributed by atoms with Gasteiger partial charge in [0.2, 0.25) is 5.91 Å². The second-order valence-corrected chi connectivity index (χ2v) is 12.0. The number of thioether (sulfide) groups is 1. The van der Waals surface area contributed by atoms with Crippen LogP contribution in [0, 0.1) is 6.92 Å². The van der Waals surface area contributed by atoms with E-state index in [1.807, 2.05) is 44.2 Å². The summed E-state index contributed by atoms with van der Waals surface area (Å²) in [6, 6.07) is 10.3. The third-order valence-electron chi connectivity index (χ3n) is 6.95. The largest absolute Gasteiger partial charge is 0.352 e. The summed E-state index contributed by atoms with van der Waals surface area (Å²) < 4.78 is 1.69. The number of fused-ring (bicyclic) bond motifs is 1. The van der Waals surface area contributed by atoms with E-state index in [0.717, 1.165) is 31.2 Å². The van der Waals surface area contributed by atoms with E-state index in [9.17, 15) is 14.4 Å². The molecular weight excluding hydrogens is 504 g/mol. The fourth-order valence-corrected chi connectivity index (χ4v) is 7.06. The number of amides is 2. The molecule has 0 saturated heterocycles. The lowest BCUT2D eigenvalue weighted by Gasteiger charge is -2.25. The second-order valence-electron chi connectivity index (χ2n) is 9.88. The molecule has 9 heteroatoms. The van der Waals surface area contributed by atoms with Crippen molar-refractivity contribution in [1.82, 2.24) is 19.8 Å². The Kier molecular flexibility index (Phi) is 9.08. The Hall–Kier alpha value is -2.65. The van der Waals surface area contributed by atoms with E-state index in [-0.39, 0.29) is 28.7 Å². The number of hydrogen-bond donors (Lipinski definition) is 1. The molecule has 37 heavy (non-hydrogen) atoms. The van der Waals surface area contributed by atoms with Gasteiger partial charge in [-0.3, -0.25) is 19.0 Å². The first-order valence-corrected chi connectivity index (χ1v) is 14.8. The van der Waals surface area contributed by atoms with Crippen LogP contribution in [0.4, 0.5) is 0 Å². The van der Waals surface area contributed by atoms with Crippen LogP contribution >= 0.6 is 23.1 Å². The maximum Gasteiger partial charge on any atom is 0.263 e. The zero-order chi connectivity index (χ0) is 26.5. The standard InChI is InChI=1S/C28H36N4O3S2/c1-5-21(24(33)29-20-14-10-7-11-15-20)36-28-30-25-22(18(2)23(37-25)27(35)31(3)4)26(34)32(28)17-16-19-12-8-6-9-13-19/h6,8-9,12-13,20-21H,5,7,10-11,14-17H2,1-4H3,(H,29,33). The third kappa shape index (κ3) is 6.26. The van der Waals surface area contributed by atoms with Gasteiger partial charge in [0.05, 0.1) is 15.5 Å². The normalized spacial score (nSPS) is 15.0. The summed E-state index contributed by atoms with van der Waals surface area (Å²) >= 11 is 2.61. The molecule has 0 aliphatic heterocycles. The Bertz CT molecular complexity index is 1310. The van der Waals surface area contributed by atoms with Crippen molar-refractivity contribution < 1.29 is 9.59 Å². The van der Waals surface area contributed by atoms with Crippen LogP contribution < -0.4 is 10.9 Å². The monoisotopic (exact) mass is 540 g/mol. The van der Waals surface area contributed by atoms with Crippen molar-refractivity contribution in [1.29, 1.82) is 0 Å². The molecule has 1 aromatic carbocycles. The molecule has 0 bridgehead atoms. The molecule has 1 atom stereocenters. The summed E-state index contributed by atoms with van der Waals surface area (Å²) in [5.74, 6) is -0.127. The molecule has 1 unspecified atom stereocenters. The first-order chi connectivity index (χ1) is 17.8. The van der Waals surface area contributed by atoms with Crippen molar-refractivity contribution in [2.75, 3.05) is 14.1 Å². The van der Waals surface area contributed by atoms with E-state index in [0.29, 0.717) is 45.2 Å². The topological polar surface area (TPSA) is 84.3 Å². The maximum absolute atomic E-state index is 13.8. The van der Waals surface area contributed by atoms with Crippen molar-refractivity contribution in [2.45, 2.75) is 81.8 Å². The highest BCUT2D eigenvalue weighted by Crippen LogP contribution is 2.32. The van der Waals surface area contributed by atoms with Gasteiger partial charge >= 0.3 is 0 Å². The van der Waals surface area contributed by atoms with E-state index in [1.165, 1.54) is 34.4 Å². The minimum atomic E-state index is -0.349. The summed E-state index contributed by atoms with van der Waals surface area (Å²) in [6.07, 6.45) is 6.87. The lowest BCUT2D eigenvalue weighted by molar-refractivity contribution is -0.121. The highest BCUT2D eigenvalue weighted by Gasteiger charge is 2.27. The van der Waals surface area contributed by atoms with Gasteiger partial charge in [0.25, 0.3) is 11.5 Å². The van der Waals surface area contributed by atoms with Crippen LogP contribution in [0.2, 0.25) is 0 Å². The van der Waals surface area contributed by atoms with Gasteiger partial charge in [-0.1, -0.05) is 68.3 Å². The Morgan fingerprint density at radius 1 is 1.19 bits per heavy atom. The number of carbonyl (C=O) groups excluding carboxylic acids is 2. The molecule has 4 rings (SSSR count). The molecule has 2 aromatic heterocycles. The molecule has 198 valence electrons. The molecule has 1 N–H and O–H groups in total. The van der Waals surface area contributed by atoms with Gasteiger partial charge in [0, 0.05) is 26.7 Å². The van der Waals surface area contributed by atoms with Crippen LogP contribution in [0.3, 0.4) is 0 Å². The fourth-order valence-electron chi connectivity index (χ4n) is 4.77. The number of thiophene rings is 1. The number of hydrogen-bond acceptors (Lipinski definition) is 6. The molecule has 0 radical (unpaired) electrons. The van der Waals surface area contributed by atoms with E-state index >= 15 is 0 Å². The summed E-state index contributed by atoms with van der Waals surface area (Å²) in [4.78, 5) is 47.3. The zero-order valence-corrected chi connectivity index (χ0v) is 23.7. The van der Waals surface area contributed by atoms with Crippen molar-refractivity contribution in [3.05, 3.63) is 56.7 Å². The predicted octanol–water partition coefficient (Wildman–Crippen LogP) is 5.03. The summed E-state index contributed by atoms with van der Waals surface area (Å²) in [5.41, 5.74) is 1.64. The molecule has 3 aromatic rings. The van der Waals surface area contributed by atoms with Gasteiger partial charge in [0.15, 0.2) is 5.16 Å². The average molecular weight is 541 g/mol. The van der Waals surface area contributed by atoms with Gasteiger partial charge < -0.3 is 10.2 Å². The van der Waals surface area contributed by atoms with Crippen LogP contribution in [0.15, 0.2) is 40.3 Å². The van der Waals surface area contributed by atoms with Gasteiger partial charge in [0.1, 0.15) is 4.83 Å². The number of nitrogens with zero attached hydrogens (tertiary/aromatic N) is 3. The SMILES string of the molecule is CCC(Sc1nc2sc(C(=O)N(C)C)c(C)c2c(=O)n1CCc1ccccc1)C(=O)NC1CCCCC1. The molecule has 2 heterocycles. The first kappa shape index (κ1) is 27.4. The smallest absolute Gasteiger partial charge is 0.263 e. The summed E-state index contributed by atoms with van der Waals surface area (Å²) in [5, 5.41) is 3.91. The highest BCUT2D eigenvalue weighted by molar-refractivity contribution is 8.00. The van der Waals surface area contributed by atoms with E-state index in [4.69, 9.17) is 4.98 Å². The molecule has 1 saturated carbocycles. The van der Waals surface area contributed by atoms with E-state index in [2.05, 4.69) is 5.32 Å². The number of nitrogens with one attached hydrogen (secondary N) is 1. The zero-order valence-electron chi connectivity index (χ0n) is 22.1. The number of aryl methyl sites for hydroxylation is 2. The highest BCUT2D eigenvalue weighted by atomic mass is 32.2. The molecule has 0 spiro atoms. The summed E-state index contributed by atoms with van der Waals surface area (Å²) in [6.45, 7) is 4.26. The molecule has 1 aliphatic carbocycles. The summed E-state index contributed by atoms with van der Waals surface area (Å²) in [7, 11) is 3.41. The van der Waals surface area contributed by atoms with Crippen LogP contribution in [-0.4, -0.2) is 51.7 Å². The van der Waals surface area contributed by atoms with Crippen LogP contribution in [0.1, 0.15) is 66.2 Å². The molecule has 7 nitrogen and oxygen atoms in total. The van der Waals surface area contributed by atoms with Crippen LogP contribution in [-0.2, 0) is 17.8 Å². The average Bonchev–Trinajstić information content (AvgIpc) is 3.23. The van der Waals surface area contributed by atoms with Crippen molar-refractivity contribution in [2.24, 2.45) is 0 Å². The van der Waals surface area contributed by atoms with Crippen LogP contribution in [0.25, 0.3) is 10.2 Å². The van der Waals surface area contributed by atoms with Gasteiger partial charge in [-0.05, 0) is 43.7 Å². The minimum Gasteiger partial charge on any atom is -0.352 e. The van der Waals surface area contributed by atoms with Crippen LogP contribution in [0.5, 0.6) is 0 Å². The van der Waals surface area contributed by atoms with Gasteiger partial charge in [-0.2, -0.15) is 0 Å². The molecular formula is C28H36N4O3S2. The number of rotatable bonds is 9. The Balaban J connectivity index is 1.70. The first-order valence-electron chi connectivity index (χ1n) is 13.1. The van der Waals surface area contributed by atoms with E-state index in [1.54, 1.807) is 18.7 Å². The number of benzene rings is 1. The minimum absolute atomic E-state index is 0.00851. The number of carbonyl (C=O) groups is 2. The molecule has 1 aliphatic rings. The van der Waals surface area contributed by atoms with Crippen molar-refractivity contribution >= 4 is 45.1 Å². The lowest BCUT2D eigenvalue weighted by Crippen LogP contribution is -2.41. The Morgan fingerprint density at radius 2 is 1.89 bits per heavy atom. The van der Waals surface area contributed by atoms with Gasteiger partial charge in [-0.15, -0.1) is 11.3 Å². The second kappa shape index (κ2) is 12.3. The quantitative estimate of drug-likeness (QED) is 0.304.